The first-order valence-electron chi connectivity index (χ1n) is 7.12. The molecule has 0 spiro atoms. The van der Waals surface area contributed by atoms with Crippen LogP contribution in [0.1, 0.15) is 19.4 Å². The molecule has 0 aliphatic carbocycles. The molecule has 0 bridgehead atoms. The van der Waals surface area contributed by atoms with Gasteiger partial charge in [0.25, 0.3) is 10.0 Å². The topological polar surface area (TPSA) is 46.6 Å². The number of para-hydroxylation sites is 1. The highest BCUT2D eigenvalue weighted by molar-refractivity contribution is 7.93. The number of nitrogens with zero attached hydrogens (tertiary/aromatic N) is 1. The third-order valence-corrected chi connectivity index (χ3v) is 5.56. The molecule has 0 atom stereocenters. The molecule has 0 radical (unpaired) electrons. The first kappa shape index (κ1) is 16.4. The Morgan fingerprint density at radius 2 is 1.68 bits per heavy atom. The number of aryl methyl sites for hydroxylation is 1. The number of benzene rings is 2. The standard InChI is InChI=1S/C17H21NO3S/c1-13(2)18(15-8-6-5-7-9-15)22(19,20)17-11-10-16(21-4)12-14(17)3/h5-13H,1-4H3. The lowest BCUT2D eigenvalue weighted by molar-refractivity contribution is 0.414. The van der Waals surface area contributed by atoms with Gasteiger partial charge >= 0.3 is 0 Å². The fraction of sp³-hybridized carbons (Fsp3) is 0.294. The van der Waals surface area contributed by atoms with Crippen molar-refractivity contribution in [1.82, 2.24) is 0 Å². The maximum atomic E-state index is 13.1. The van der Waals surface area contributed by atoms with E-state index >= 15 is 0 Å². The van der Waals surface area contributed by atoms with Crippen molar-refractivity contribution in [2.24, 2.45) is 0 Å². The van der Waals surface area contributed by atoms with Crippen LogP contribution < -0.4 is 9.04 Å². The fourth-order valence-corrected chi connectivity index (χ4v) is 4.31. The first-order chi connectivity index (χ1) is 10.4. The Balaban J connectivity index is 2.56. The summed E-state index contributed by atoms with van der Waals surface area (Å²) in [4.78, 5) is 0.297. The molecule has 0 unspecified atom stereocenters. The molecule has 5 heteroatoms. The molecule has 0 aromatic heterocycles. The average molecular weight is 319 g/mol. The van der Waals surface area contributed by atoms with Gasteiger partial charge in [-0.3, -0.25) is 4.31 Å². The summed E-state index contributed by atoms with van der Waals surface area (Å²) in [7, 11) is -2.07. The molecule has 0 N–H and O–H groups in total. The van der Waals surface area contributed by atoms with E-state index in [0.717, 1.165) is 0 Å². The number of rotatable bonds is 5. The summed E-state index contributed by atoms with van der Waals surface area (Å²) in [5, 5.41) is 0. The van der Waals surface area contributed by atoms with Gasteiger partial charge in [-0.15, -0.1) is 0 Å². The Bertz CT molecular complexity index is 740. The molecule has 22 heavy (non-hydrogen) atoms. The molecular formula is C17H21NO3S. The minimum absolute atomic E-state index is 0.186. The predicted octanol–water partition coefficient (Wildman–Crippen LogP) is 3.61. The molecule has 0 saturated heterocycles. The third-order valence-electron chi connectivity index (χ3n) is 3.40. The van der Waals surface area contributed by atoms with Gasteiger partial charge in [0, 0.05) is 6.04 Å². The van der Waals surface area contributed by atoms with E-state index in [1.165, 1.54) is 4.31 Å². The van der Waals surface area contributed by atoms with Crippen LogP contribution in [0.4, 0.5) is 5.69 Å². The van der Waals surface area contributed by atoms with Gasteiger partial charge in [0.2, 0.25) is 0 Å². The van der Waals surface area contributed by atoms with E-state index in [0.29, 0.717) is 21.9 Å². The zero-order valence-corrected chi connectivity index (χ0v) is 14.1. The van der Waals surface area contributed by atoms with E-state index in [1.54, 1.807) is 44.4 Å². The number of anilines is 1. The van der Waals surface area contributed by atoms with Gasteiger partial charge in [0.15, 0.2) is 0 Å². The molecular weight excluding hydrogens is 298 g/mol. The minimum atomic E-state index is -3.63. The van der Waals surface area contributed by atoms with E-state index in [1.807, 2.05) is 32.0 Å². The third kappa shape index (κ3) is 3.09. The number of ether oxygens (including phenoxy) is 1. The van der Waals surface area contributed by atoms with Crippen LogP contribution >= 0.6 is 0 Å². The summed E-state index contributed by atoms with van der Waals surface area (Å²) in [5.74, 6) is 0.646. The summed E-state index contributed by atoms with van der Waals surface area (Å²) in [6.07, 6.45) is 0. The van der Waals surface area contributed by atoms with Crippen molar-refractivity contribution in [2.75, 3.05) is 11.4 Å². The van der Waals surface area contributed by atoms with Crippen LogP contribution in [0.2, 0.25) is 0 Å². The molecule has 0 amide bonds. The van der Waals surface area contributed by atoms with Crippen molar-refractivity contribution < 1.29 is 13.2 Å². The fourth-order valence-electron chi connectivity index (χ4n) is 2.43. The second-order valence-corrected chi connectivity index (χ2v) is 7.14. The highest BCUT2D eigenvalue weighted by atomic mass is 32.2. The Kier molecular flexibility index (Phi) is 4.76. The monoisotopic (exact) mass is 319 g/mol. The summed E-state index contributed by atoms with van der Waals surface area (Å²) in [6.45, 7) is 5.51. The summed E-state index contributed by atoms with van der Waals surface area (Å²) < 4.78 is 32.8. The van der Waals surface area contributed by atoms with Crippen LogP contribution in [0.25, 0.3) is 0 Å². The highest BCUT2D eigenvalue weighted by Crippen LogP contribution is 2.29. The van der Waals surface area contributed by atoms with Gasteiger partial charge in [0.1, 0.15) is 5.75 Å². The molecule has 2 aromatic rings. The molecule has 0 heterocycles. The van der Waals surface area contributed by atoms with E-state index in [4.69, 9.17) is 4.74 Å². The smallest absolute Gasteiger partial charge is 0.264 e. The van der Waals surface area contributed by atoms with Crippen LogP contribution in [-0.4, -0.2) is 21.6 Å². The van der Waals surface area contributed by atoms with Crippen LogP contribution in [0.3, 0.4) is 0 Å². The van der Waals surface area contributed by atoms with E-state index in [2.05, 4.69) is 0 Å². The Morgan fingerprint density at radius 3 is 2.18 bits per heavy atom. The molecule has 0 saturated carbocycles. The Hall–Kier alpha value is -2.01. The molecule has 0 aliphatic heterocycles. The Labute approximate surface area is 132 Å². The quantitative estimate of drug-likeness (QED) is 0.846. The van der Waals surface area contributed by atoms with E-state index in [-0.39, 0.29) is 6.04 Å². The van der Waals surface area contributed by atoms with Crippen LogP contribution in [-0.2, 0) is 10.0 Å². The predicted molar refractivity (Wildman–Crippen MR) is 89.0 cm³/mol. The maximum absolute atomic E-state index is 13.1. The van der Waals surface area contributed by atoms with Gasteiger partial charge in [-0.1, -0.05) is 18.2 Å². The normalized spacial score (nSPS) is 11.5. The average Bonchev–Trinajstić information content (AvgIpc) is 2.47. The zero-order chi connectivity index (χ0) is 16.3. The molecule has 2 rings (SSSR count). The van der Waals surface area contributed by atoms with Crippen molar-refractivity contribution in [3.05, 3.63) is 54.1 Å². The van der Waals surface area contributed by atoms with Crippen LogP contribution in [0, 0.1) is 6.92 Å². The van der Waals surface area contributed by atoms with Crippen molar-refractivity contribution in [3.63, 3.8) is 0 Å². The lowest BCUT2D eigenvalue weighted by atomic mass is 10.2. The maximum Gasteiger partial charge on any atom is 0.264 e. The van der Waals surface area contributed by atoms with Gasteiger partial charge in [-0.2, -0.15) is 0 Å². The van der Waals surface area contributed by atoms with Gasteiger partial charge < -0.3 is 4.74 Å². The number of sulfonamides is 1. The van der Waals surface area contributed by atoms with Crippen LogP contribution in [0.5, 0.6) is 5.75 Å². The summed E-state index contributed by atoms with van der Waals surface area (Å²) >= 11 is 0. The molecule has 0 fully saturated rings. The van der Waals surface area contributed by atoms with Crippen LogP contribution in [0.15, 0.2) is 53.4 Å². The summed E-state index contributed by atoms with van der Waals surface area (Å²) in [5.41, 5.74) is 1.33. The second kappa shape index (κ2) is 6.40. The molecule has 118 valence electrons. The zero-order valence-electron chi connectivity index (χ0n) is 13.3. The van der Waals surface area contributed by atoms with Crippen molar-refractivity contribution >= 4 is 15.7 Å². The molecule has 0 aliphatic rings. The van der Waals surface area contributed by atoms with Gasteiger partial charge in [0.05, 0.1) is 17.7 Å². The molecule has 2 aromatic carbocycles. The second-order valence-electron chi connectivity index (χ2n) is 5.36. The van der Waals surface area contributed by atoms with Crippen molar-refractivity contribution in [1.29, 1.82) is 0 Å². The van der Waals surface area contributed by atoms with Gasteiger partial charge in [-0.05, 0) is 56.7 Å². The Morgan fingerprint density at radius 1 is 1.05 bits per heavy atom. The lowest BCUT2D eigenvalue weighted by Gasteiger charge is -2.29. The summed E-state index contributed by atoms with van der Waals surface area (Å²) in [6, 6.07) is 14.0. The molecule has 4 nitrogen and oxygen atoms in total. The number of hydrogen-bond donors (Lipinski definition) is 0. The minimum Gasteiger partial charge on any atom is -0.497 e. The van der Waals surface area contributed by atoms with E-state index < -0.39 is 10.0 Å². The first-order valence-corrected chi connectivity index (χ1v) is 8.56. The van der Waals surface area contributed by atoms with E-state index in [9.17, 15) is 8.42 Å². The highest BCUT2D eigenvalue weighted by Gasteiger charge is 2.28. The van der Waals surface area contributed by atoms with Crippen molar-refractivity contribution in [3.8, 4) is 5.75 Å². The van der Waals surface area contributed by atoms with Gasteiger partial charge in [-0.25, -0.2) is 8.42 Å². The lowest BCUT2D eigenvalue weighted by Crippen LogP contribution is -2.37. The number of hydrogen-bond acceptors (Lipinski definition) is 3. The van der Waals surface area contributed by atoms with Crippen molar-refractivity contribution in [2.45, 2.75) is 31.7 Å². The largest absolute Gasteiger partial charge is 0.497 e. The number of methoxy groups -OCH3 is 1. The SMILES string of the molecule is COc1ccc(S(=O)(=O)N(c2ccccc2)C(C)C)c(C)c1.